The molecule has 0 aliphatic rings. The van der Waals surface area contributed by atoms with E-state index in [1.165, 1.54) is 15.9 Å². The van der Waals surface area contributed by atoms with Crippen molar-refractivity contribution in [2.75, 3.05) is 0 Å². The van der Waals surface area contributed by atoms with Gasteiger partial charge in [0, 0.05) is 12.7 Å². The van der Waals surface area contributed by atoms with Gasteiger partial charge in [-0.2, -0.15) is 0 Å². The van der Waals surface area contributed by atoms with Crippen molar-refractivity contribution >= 4 is 21.6 Å². The fourth-order valence-corrected chi connectivity index (χ4v) is 3.44. The molecule has 0 amide bonds. The molecule has 0 aliphatic heterocycles. The number of fused-ring (bicyclic) bond motifs is 1. The first-order valence-electron chi connectivity index (χ1n) is 6.03. The molecule has 5 nitrogen and oxygen atoms in total. The summed E-state index contributed by atoms with van der Waals surface area (Å²) in [4.78, 5) is 31.7. The molecule has 19 heavy (non-hydrogen) atoms. The van der Waals surface area contributed by atoms with Gasteiger partial charge >= 0.3 is 5.69 Å². The second-order valence-electron chi connectivity index (χ2n) is 4.32. The van der Waals surface area contributed by atoms with E-state index in [2.05, 4.69) is 9.97 Å². The van der Waals surface area contributed by atoms with Gasteiger partial charge < -0.3 is 4.98 Å². The Kier molecular flexibility index (Phi) is 2.67. The number of H-pyrrole nitrogens is 2. The summed E-state index contributed by atoms with van der Waals surface area (Å²) in [5.74, 6) is 0. The van der Waals surface area contributed by atoms with E-state index in [4.69, 9.17) is 0 Å². The SMILES string of the molecule is CCn1c(=O)[nH]c2sc(-c3ccc[nH]3)c(C)c2c1=O. The van der Waals surface area contributed by atoms with E-state index in [1.807, 2.05) is 25.3 Å². The van der Waals surface area contributed by atoms with Crippen LogP contribution in [-0.2, 0) is 6.54 Å². The molecular weight excluding hydrogens is 262 g/mol. The first-order chi connectivity index (χ1) is 9.13. The summed E-state index contributed by atoms with van der Waals surface area (Å²) in [5, 5.41) is 0.607. The molecule has 6 heteroatoms. The molecule has 0 aliphatic carbocycles. The van der Waals surface area contributed by atoms with Gasteiger partial charge in [-0.25, -0.2) is 4.79 Å². The average Bonchev–Trinajstić information content (AvgIpc) is 2.97. The molecule has 0 atom stereocenters. The first-order valence-corrected chi connectivity index (χ1v) is 6.85. The van der Waals surface area contributed by atoms with Gasteiger partial charge in [-0.05, 0) is 31.5 Å². The van der Waals surface area contributed by atoms with E-state index in [0.29, 0.717) is 16.8 Å². The highest BCUT2D eigenvalue weighted by molar-refractivity contribution is 7.22. The van der Waals surface area contributed by atoms with Crippen molar-refractivity contribution in [1.82, 2.24) is 14.5 Å². The van der Waals surface area contributed by atoms with E-state index in [-0.39, 0.29) is 11.2 Å². The lowest BCUT2D eigenvalue weighted by atomic mass is 10.2. The van der Waals surface area contributed by atoms with Gasteiger partial charge in [0.25, 0.3) is 5.56 Å². The number of aromatic nitrogens is 3. The smallest absolute Gasteiger partial charge is 0.329 e. The lowest BCUT2D eigenvalue weighted by molar-refractivity contribution is 0.685. The zero-order valence-electron chi connectivity index (χ0n) is 10.6. The number of hydrogen-bond donors (Lipinski definition) is 2. The highest BCUT2D eigenvalue weighted by atomic mass is 32.1. The Morgan fingerprint density at radius 2 is 2.16 bits per heavy atom. The minimum Gasteiger partial charge on any atom is -0.361 e. The second kappa shape index (κ2) is 4.24. The van der Waals surface area contributed by atoms with Gasteiger partial charge in [-0.1, -0.05) is 0 Å². The van der Waals surface area contributed by atoms with Crippen molar-refractivity contribution in [3.63, 3.8) is 0 Å². The van der Waals surface area contributed by atoms with Crippen LogP contribution in [-0.4, -0.2) is 14.5 Å². The Labute approximate surface area is 112 Å². The molecule has 0 fully saturated rings. The Hall–Kier alpha value is -2.08. The van der Waals surface area contributed by atoms with Gasteiger partial charge in [0.1, 0.15) is 4.83 Å². The van der Waals surface area contributed by atoms with Crippen molar-refractivity contribution in [2.24, 2.45) is 0 Å². The zero-order chi connectivity index (χ0) is 13.6. The number of thiophene rings is 1. The van der Waals surface area contributed by atoms with E-state index < -0.39 is 0 Å². The summed E-state index contributed by atoms with van der Waals surface area (Å²) in [6.07, 6.45) is 1.84. The molecular formula is C13H13N3O2S. The van der Waals surface area contributed by atoms with Crippen molar-refractivity contribution in [1.29, 1.82) is 0 Å². The first kappa shape index (κ1) is 12.0. The molecule has 0 aromatic carbocycles. The standard InChI is InChI=1S/C13H13N3O2S/c1-3-16-12(17)9-7(2)10(8-5-4-6-14-8)19-11(9)15-13(16)18/h4-6,14H,3H2,1-2H3,(H,15,18). The number of hydrogen-bond acceptors (Lipinski definition) is 3. The van der Waals surface area contributed by atoms with E-state index >= 15 is 0 Å². The normalized spacial score (nSPS) is 11.3. The molecule has 2 N–H and O–H groups in total. The van der Waals surface area contributed by atoms with Crippen LogP contribution in [0.2, 0.25) is 0 Å². The maximum atomic E-state index is 12.3. The van der Waals surface area contributed by atoms with Crippen LogP contribution in [0.1, 0.15) is 12.5 Å². The molecule has 3 aromatic heterocycles. The van der Waals surface area contributed by atoms with Crippen LogP contribution in [0, 0.1) is 6.92 Å². The molecule has 0 unspecified atom stereocenters. The average molecular weight is 275 g/mol. The zero-order valence-corrected chi connectivity index (χ0v) is 11.4. The molecule has 0 bridgehead atoms. The number of nitrogens with zero attached hydrogens (tertiary/aromatic N) is 1. The second-order valence-corrected chi connectivity index (χ2v) is 5.34. The van der Waals surface area contributed by atoms with Crippen LogP contribution in [0.4, 0.5) is 0 Å². The third kappa shape index (κ3) is 1.67. The number of aryl methyl sites for hydroxylation is 1. The quantitative estimate of drug-likeness (QED) is 0.751. The molecule has 0 radical (unpaired) electrons. The van der Waals surface area contributed by atoms with Gasteiger partial charge in [-0.15, -0.1) is 11.3 Å². The summed E-state index contributed by atoms with van der Waals surface area (Å²) < 4.78 is 1.22. The van der Waals surface area contributed by atoms with Crippen molar-refractivity contribution in [3.8, 4) is 10.6 Å². The number of nitrogens with one attached hydrogen (secondary N) is 2. The van der Waals surface area contributed by atoms with E-state index in [1.54, 1.807) is 6.92 Å². The molecule has 98 valence electrons. The molecule has 3 aromatic rings. The monoisotopic (exact) mass is 275 g/mol. The Morgan fingerprint density at radius 1 is 1.37 bits per heavy atom. The largest absolute Gasteiger partial charge is 0.361 e. The maximum absolute atomic E-state index is 12.3. The minimum absolute atomic E-state index is 0.215. The van der Waals surface area contributed by atoms with Crippen molar-refractivity contribution in [2.45, 2.75) is 20.4 Å². The lowest BCUT2D eigenvalue weighted by Gasteiger charge is -2.00. The van der Waals surface area contributed by atoms with Crippen LogP contribution in [0.5, 0.6) is 0 Å². The highest BCUT2D eigenvalue weighted by Crippen LogP contribution is 2.34. The Balaban J connectivity index is 2.43. The fourth-order valence-electron chi connectivity index (χ4n) is 2.27. The molecule has 0 saturated heterocycles. The van der Waals surface area contributed by atoms with Gasteiger partial charge in [0.2, 0.25) is 0 Å². The molecule has 0 spiro atoms. The summed E-state index contributed by atoms with van der Waals surface area (Å²) in [6, 6.07) is 3.86. The Bertz CT molecular complexity index is 853. The van der Waals surface area contributed by atoms with Crippen molar-refractivity contribution in [3.05, 3.63) is 44.7 Å². The predicted molar refractivity (Wildman–Crippen MR) is 76.9 cm³/mol. The summed E-state index contributed by atoms with van der Waals surface area (Å²) >= 11 is 1.43. The fraction of sp³-hybridized carbons (Fsp3) is 0.231. The minimum atomic E-state index is -0.348. The van der Waals surface area contributed by atoms with Crippen LogP contribution >= 0.6 is 11.3 Å². The molecule has 3 rings (SSSR count). The summed E-state index contributed by atoms with van der Waals surface area (Å²) in [7, 11) is 0. The lowest BCUT2D eigenvalue weighted by Crippen LogP contribution is -2.34. The number of aromatic amines is 2. The summed E-state index contributed by atoms with van der Waals surface area (Å²) in [6.45, 7) is 4.07. The predicted octanol–water partition coefficient (Wildman–Crippen LogP) is 2.07. The highest BCUT2D eigenvalue weighted by Gasteiger charge is 2.16. The van der Waals surface area contributed by atoms with E-state index in [0.717, 1.165) is 16.1 Å². The van der Waals surface area contributed by atoms with Crippen LogP contribution < -0.4 is 11.2 Å². The van der Waals surface area contributed by atoms with E-state index in [9.17, 15) is 9.59 Å². The van der Waals surface area contributed by atoms with Crippen molar-refractivity contribution < 1.29 is 0 Å². The van der Waals surface area contributed by atoms with Crippen LogP contribution in [0.25, 0.3) is 20.8 Å². The molecule has 3 heterocycles. The van der Waals surface area contributed by atoms with Gasteiger partial charge in [-0.3, -0.25) is 14.3 Å². The van der Waals surface area contributed by atoms with Crippen LogP contribution in [0.3, 0.4) is 0 Å². The topological polar surface area (TPSA) is 70.7 Å². The third-order valence-corrected chi connectivity index (χ3v) is 4.47. The van der Waals surface area contributed by atoms with Gasteiger partial charge in [0.15, 0.2) is 0 Å². The number of rotatable bonds is 2. The molecule has 0 saturated carbocycles. The van der Waals surface area contributed by atoms with Gasteiger partial charge in [0.05, 0.1) is 16.0 Å². The van der Waals surface area contributed by atoms with Crippen LogP contribution in [0.15, 0.2) is 27.9 Å². The third-order valence-electron chi connectivity index (χ3n) is 3.23. The maximum Gasteiger partial charge on any atom is 0.329 e. The summed E-state index contributed by atoms with van der Waals surface area (Å²) in [5.41, 5.74) is 1.31. The Morgan fingerprint density at radius 3 is 2.79 bits per heavy atom.